The number of carbonyl (C=O) groups is 1. The minimum atomic E-state index is -0.196. The number of nitrogens with two attached hydrogens (primary N) is 1. The summed E-state index contributed by atoms with van der Waals surface area (Å²) in [4.78, 5) is 15.6. The average molecular weight is 221 g/mol. The number of para-hydroxylation sites is 1. The van der Waals surface area contributed by atoms with Crippen molar-refractivity contribution >= 4 is 28.3 Å². The van der Waals surface area contributed by atoms with Crippen LogP contribution < -0.4 is 5.73 Å². The monoisotopic (exact) mass is 220 g/mol. The Kier molecular flexibility index (Phi) is 2.66. The number of ketones is 1. The van der Waals surface area contributed by atoms with Crippen molar-refractivity contribution in [3.63, 3.8) is 0 Å². The lowest BCUT2D eigenvalue weighted by Crippen LogP contribution is -2.14. The second-order valence-electron chi connectivity index (χ2n) is 3.15. The minimum absolute atomic E-state index is 0.0558. The number of aromatic nitrogens is 1. The van der Waals surface area contributed by atoms with Gasteiger partial charge >= 0.3 is 0 Å². The maximum absolute atomic E-state index is 11.4. The molecule has 0 fully saturated rings. The molecule has 3 nitrogen and oxygen atoms in total. The molecule has 76 valence electrons. The van der Waals surface area contributed by atoms with Crippen LogP contribution in [0.3, 0.4) is 0 Å². The molecule has 1 aromatic heterocycles. The van der Waals surface area contributed by atoms with E-state index in [0.29, 0.717) is 5.56 Å². The van der Waals surface area contributed by atoms with E-state index in [0.717, 1.165) is 10.9 Å². The molecule has 0 saturated heterocycles. The quantitative estimate of drug-likeness (QED) is 0.622. The van der Waals surface area contributed by atoms with Crippen LogP contribution in [0.4, 0.5) is 0 Å². The van der Waals surface area contributed by atoms with Crippen LogP contribution in [0.15, 0.2) is 30.3 Å². The third-order valence-corrected chi connectivity index (χ3v) is 2.45. The number of carbonyl (C=O) groups excluding carboxylic acids is 1. The standard InChI is InChI=1S/C11H9ClN2O/c12-11-8(10(15)6-13)5-7-3-1-2-4-9(7)14-11/h1-5H,6,13H2. The van der Waals surface area contributed by atoms with Crippen molar-refractivity contribution in [1.29, 1.82) is 0 Å². The summed E-state index contributed by atoms with van der Waals surface area (Å²) in [5, 5.41) is 1.10. The Bertz CT molecular complexity index is 525. The Balaban J connectivity index is 2.67. The van der Waals surface area contributed by atoms with Crippen LogP contribution >= 0.6 is 11.6 Å². The number of Topliss-reactive ketones (excluding diaryl/α,β-unsaturated/α-hetero) is 1. The molecule has 0 aliphatic rings. The molecule has 0 saturated carbocycles. The molecule has 1 heterocycles. The summed E-state index contributed by atoms with van der Waals surface area (Å²) in [6, 6.07) is 9.20. The van der Waals surface area contributed by atoms with Crippen LogP contribution in [0.25, 0.3) is 10.9 Å². The van der Waals surface area contributed by atoms with E-state index >= 15 is 0 Å². The van der Waals surface area contributed by atoms with Gasteiger partial charge in [0.1, 0.15) is 5.15 Å². The fourth-order valence-corrected chi connectivity index (χ4v) is 1.65. The van der Waals surface area contributed by atoms with Crippen LogP contribution in [-0.2, 0) is 0 Å². The van der Waals surface area contributed by atoms with Gasteiger partial charge in [-0.25, -0.2) is 4.98 Å². The molecular formula is C11H9ClN2O. The summed E-state index contributed by atoms with van der Waals surface area (Å²) in [5.74, 6) is -0.196. The van der Waals surface area contributed by atoms with Crippen molar-refractivity contribution in [2.24, 2.45) is 5.73 Å². The third kappa shape index (κ3) is 1.84. The second-order valence-corrected chi connectivity index (χ2v) is 3.50. The van der Waals surface area contributed by atoms with Crippen molar-refractivity contribution in [3.8, 4) is 0 Å². The lowest BCUT2D eigenvalue weighted by molar-refractivity contribution is 0.100. The number of halogens is 1. The van der Waals surface area contributed by atoms with Crippen molar-refractivity contribution < 1.29 is 4.79 Å². The van der Waals surface area contributed by atoms with E-state index < -0.39 is 0 Å². The van der Waals surface area contributed by atoms with Gasteiger partial charge in [-0.15, -0.1) is 0 Å². The zero-order valence-corrected chi connectivity index (χ0v) is 8.66. The van der Waals surface area contributed by atoms with Gasteiger partial charge in [0.15, 0.2) is 5.78 Å². The summed E-state index contributed by atoms with van der Waals surface area (Å²) in [7, 11) is 0. The van der Waals surface area contributed by atoms with E-state index in [2.05, 4.69) is 4.98 Å². The summed E-state index contributed by atoms with van der Waals surface area (Å²) < 4.78 is 0. The molecule has 2 N–H and O–H groups in total. The van der Waals surface area contributed by atoms with E-state index in [9.17, 15) is 4.79 Å². The van der Waals surface area contributed by atoms with Crippen LogP contribution in [-0.4, -0.2) is 17.3 Å². The molecule has 0 radical (unpaired) electrons. The number of fused-ring (bicyclic) bond motifs is 1. The largest absolute Gasteiger partial charge is 0.324 e. The summed E-state index contributed by atoms with van der Waals surface area (Å²) in [6.07, 6.45) is 0. The number of pyridine rings is 1. The highest BCUT2D eigenvalue weighted by atomic mass is 35.5. The lowest BCUT2D eigenvalue weighted by Gasteiger charge is -2.03. The van der Waals surface area contributed by atoms with Crippen molar-refractivity contribution in [2.75, 3.05) is 6.54 Å². The molecule has 4 heteroatoms. The predicted molar refractivity (Wildman–Crippen MR) is 60.1 cm³/mol. The number of nitrogens with zero attached hydrogens (tertiary/aromatic N) is 1. The van der Waals surface area contributed by atoms with Gasteiger partial charge in [0, 0.05) is 5.39 Å². The molecule has 0 amide bonds. The Hall–Kier alpha value is -1.45. The van der Waals surface area contributed by atoms with Gasteiger partial charge in [-0.1, -0.05) is 29.8 Å². The van der Waals surface area contributed by atoms with Gasteiger partial charge in [-0.3, -0.25) is 4.79 Å². The number of hydrogen-bond donors (Lipinski definition) is 1. The summed E-state index contributed by atoms with van der Waals surface area (Å²) in [6.45, 7) is -0.0558. The first-order chi connectivity index (χ1) is 7.22. The van der Waals surface area contributed by atoms with Crippen molar-refractivity contribution in [1.82, 2.24) is 4.98 Å². The summed E-state index contributed by atoms with van der Waals surface area (Å²) in [5.41, 5.74) is 6.44. The Labute approximate surface area is 91.9 Å². The smallest absolute Gasteiger partial charge is 0.179 e. The average Bonchev–Trinajstić information content (AvgIpc) is 2.27. The second kappa shape index (κ2) is 3.96. The van der Waals surface area contributed by atoms with Gasteiger partial charge < -0.3 is 5.73 Å². The molecule has 0 atom stereocenters. The fraction of sp³-hybridized carbons (Fsp3) is 0.0909. The molecule has 0 unspecified atom stereocenters. The fourth-order valence-electron chi connectivity index (χ4n) is 1.40. The molecule has 2 rings (SSSR count). The highest BCUT2D eigenvalue weighted by Crippen LogP contribution is 2.20. The first-order valence-corrected chi connectivity index (χ1v) is 4.88. The van der Waals surface area contributed by atoms with Crippen LogP contribution in [0.5, 0.6) is 0 Å². The highest BCUT2D eigenvalue weighted by molar-refractivity contribution is 6.33. The SMILES string of the molecule is NCC(=O)c1cc2ccccc2nc1Cl. The first kappa shape index (κ1) is 10.1. The number of benzene rings is 1. The Morgan fingerprint density at radius 3 is 2.87 bits per heavy atom. The van der Waals surface area contributed by atoms with E-state index in [1.54, 1.807) is 6.07 Å². The third-order valence-electron chi connectivity index (χ3n) is 2.16. The normalized spacial score (nSPS) is 10.5. The van der Waals surface area contributed by atoms with Gasteiger partial charge in [0.2, 0.25) is 0 Å². The van der Waals surface area contributed by atoms with Crippen molar-refractivity contribution in [2.45, 2.75) is 0 Å². The van der Waals surface area contributed by atoms with E-state index in [-0.39, 0.29) is 17.5 Å². The molecule has 0 aliphatic carbocycles. The molecule has 0 bridgehead atoms. The molecular weight excluding hydrogens is 212 g/mol. The predicted octanol–water partition coefficient (Wildman–Crippen LogP) is 2.03. The number of rotatable bonds is 2. The molecule has 15 heavy (non-hydrogen) atoms. The molecule has 2 aromatic rings. The van der Waals surface area contributed by atoms with E-state index in [1.807, 2.05) is 24.3 Å². The highest BCUT2D eigenvalue weighted by Gasteiger charge is 2.10. The van der Waals surface area contributed by atoms with Gasteiger partial charge in [-0.05, 0) is 12.1 Å². The Morgan fingerprint density at radius 1 is 1.40 bits per heavy atom. The van der Waals surface area contributed by atoms with Crippen molar-refractivity contribution in [3.05, 3.63) is 41.0 Å². The van der Waals surface area contributed by atoms with Gasteiger partial charge in [-0.2, -0.15) is 0 Å². The maximum atomic E-state index is 11.4. The van der Waals surface area contributed by atoms with Gasteiger partial charge in [0.05, 0.1) is 17.6 Å². The maximum Gasteiger partial charge on any atom is 0.179 e. The Morgan fingerprint density at radius 2 is 2.13 bits per heavy atom. The van der Waals surface area contributed by atoms with E-state index in [4.69, 9.17) is 17.3 Å². The molecule has 0 spiro atoms. The number of hydrogen-bond acceptors (Lipinski definition) is 3. The molecule has 0 aliphatic heterocycles. The zero-order valence-electron chi connectivity index (χ0n) is 7.90. The summed E-state index contributed by atoms with van der Waals surface area (Å²) >= 11 is 5.89. The minimum Gasteiger partial charge on any atom is -0.324 e. The van der Waals surface area contributed by atoms with Crippen LogP contribution in [0, 0.1) is 0 Å². The van der Waals surface area contributed by atoms with E-state index in [1.165, 1.54) is 0 Å². The van der Waals surface area contributed by atoms with Gasteiger partial charge in [0.25, 0.3) is 0 Å². The topological polar surface area (TPSA) is 56.0 Å². The lowest BCUT2D eigenvalue weighted by atomic mass is 10.1. The molecule has 1 aromatic carbocycles. The zero-order chi connectivity index (χ0) is 10.8. The first-order valence-electron chi connectivity index (χ1n) is 4.51. The van der Waals surface area contributed by atoms with Crippen LogP contribution in [0.1, 0.15) is 10.4 Å². The van der Waals surface area contributed by atoms with Crippen LogP contribution in [0.2, 0.25) is 5.15 Å².